The van der Waals surface area contributed by atoms with Gasteiger partial charge in [-0.2, -0.15) is 0 Å². The van der Waals surface area contributed by atoms with Gasteiger partial charge < -0.3 is 25.6 Å². The van der Waals surface area contributed by atoms with Gasteiger partial charge in [0.25, 0.3) is 11.8 Å². The molecule has 0 bridgehead atoms. The smallest absolute Gasteiger partial charge is 0.326 e. The highest BCUT2D eigenvalue weighted by Crippen LogP contribution is 2.19. The second-order valence-corrected chi connectivity index (χ2v) is 7.63. The molecule has 4 N–H and O–H groups in total. The number of amides is 2. The van der Waals surface area contributed by atoms with Crippen LogP contribution in [0.4, 0.5) is 0 Å². The Kier molecular flexibility index (Phi) is 8.37. The molecule has 3 atom stereocenters. The van der Waals surface area contributed by atoms with Gasteiger partial charge in [0.2, 0.25) is 0 Å². The summed E-state index contributed by atoms with van der Waals surface area (Å²) in [5, 5.41) is 25.6. The van der Waals surface area contributed by atoms with Crippen LogP contribution in [0.25, 0.3) is 0 Å². The molecule has 3 rings (SSSR count). The Balaban J connectivity index is 1.78. The maximum absolute atomic E-state index is 12.9. The van der Waals surface area contributed by atoms with Crippen molar-refractivity contribution in [2.75, 3.05) is 7.11 Å². The first-order chi connectivity index (χ1) is 16.4. The average Bonchev–Trinajstić information content (AvgIpc) is 2.87. The van der Waals surface area contributed by atoms with Crippen LogP contribution >= 0.6 is 0 Å². The summed E-state index contributed by atoms with van der Waals surface area (Å²) in [7, 11) is 1.50. The molecule has 0 spiro atoms. The number of rotatable bonds is 10. The Morgan fingerprint density at radius 3 is 2.15 bits per heavy atom. The highest BCUT2D eigenvalue weighted by molar-refractivity contribution is 5.95. The zero-order chi connectivity index (χ0) is 24.5. The largest absolute Gasteiger partial charge is 0.497 e. The van der Waals surface area contributed by atoms with E-state index in [1.807, 2.05) is 0 Å². The number of ether oxygens (including phenoxy) is 1. The van der Waals surface area contributed by atoms with Gasteiger partial charge in [-0.3, -0.25) is 9.59 Å². The minimum absolute atomic E-state index is 0.0165. The second kappa shape index (κ2) is 11.6. The van der Waals surface area contributed by atoms with Crippen LogP contribution < -0.4 is 15.4 Å². The van der Waals surface area contributed by atoms with Gasteiger partial charge in [0.05, 0.1) is 13.2 Å². The second-order valence-electron chi connectivity index (χ2n) is 7.63. The molecule has 0 aliphatic carbocycles. The number of carboxylic acid groups (broad SMARTS) is 1. The van der Waals surface area contributed by atoms with Crippen LogP contribution in [-0.4, -0.2) is 47.3 Å². The third-order valence-corrected chi connectivity index (χ3v) is 5.25. The molecule has 0 fully saturated rings. The first kappa shape index (κ1) is 24.5. The van der Waals surface area contributed by atoms with Crippen LogP contribution in [0.1, 0.15) is 27.5 Å². The molecular formula is C26H26N2O6. The molecule has 8 heteroatoms. The molecule has 0 aliphatic heterocycles. The monoisotopic (exact) mass is 462 g/mol. The van der Waals surface area contributed by atoms with Crippen molar-refractivity contribution in [3.8, 4) is 5.75 Å². The average molecular weight is 463 g/mol. The number of carboxylic acids is 1. The Hall–Kier alpha value is -4.17. The summed E-state index contributed by atoms with van der Waals surface area (Å²) in [4.78, 5) is 37.5. The summed E-state index contributed by atoms with van der Waals surface area (Å²) >= 11 is 0. The fourth-order valence-corrected chi connectivity index (χ4v) is 3.46. The van der Waals surface area contributed by atoms with Gasteiger partial charge >= 0.3 is 5.97 Å². The van der Waals surface area contributed by atoms with E-state index in [4.69, 9.17) is 4.74 Å². The molecule has 0 aliphatic rings. The molecule has 3 aromatic carbocycles. The lowest BCUT2D eigenvalue weighted by atomic mass is 9.99. The third-order valence-electron chi connectivity index (χ3n) is 5.25. The predicted molar refractivity (Wildman–Crippen MR) is 125 cm³/mol. The number of aliphatic hydroxyl groups excluding tert-OH is 1. The molecule has 8 nitrogen and oxygen atoms in total. The van der Waals surface area contributed by atoms with E-state index in [2.05, 4.69) is 10.6 Å². The fourth-order valence-electron chi connectivity index (χ4n) is 3.46. The third kappa shape index (κ3) is 6.43. The van der Waals surface area contributed by atoms with Gasteiger partial charge in [-0.15, -0.1) is 0 Å². The molecule has 3 aromatic rings. The lowest BCUT2D eigenvalue weighted by Crippen LogP contribution is -2.50. The van der Waals surface area contributed by atoms with E-state index < -0.39 is 36.0 Å². The summed E-state index contributed by atoms with van der Waals surface area (Å²) in [5.74, 6) is -2.10. The topological polar surface area (TPSA) is 125 Å². The molecular weight excluding hydrogens is 436 g/mol. The predicted octanol–water partition coefficient (Wildman–Crippen LogP) is 2.34. The number of aliphatic hydroxyl groups is 1. The minimum atomic E-state index is -1.73. The van der Waals surface area contributed by atoms with Gasteiger partial charge in [-0.1, -0.05) is 60.7 Å². The van der Waals surface area contributed by atoms with Crippen molar-refractivity contribution in [2.24, 2.45) is 0 Å². The van der Waals surface area contributed by atoms with Crippen LogP contribution in [0, 0.1) is 0 Å². The number of carbonyl (C=O) groups excluding carboxylic acids is 2. The number of nitrogens with one attached hydrogen (secondary N) is 2. The quantitative estimate of drug-likeness (QED) is 0.367. The Labute approximate surface area is 197 Å². The van der Waals surface area contributed by atoms with Crippen molar-refractivity contribution < 1.29 is 29.3 Å². The van der Waals surface area contributed by atoms with E-state index in [9.17, 15) is 24.6 Å². The van der Waals surface area contributed by atoms with Crippen LogP contribution in [0.2, 0.25) is 0 Å². The number of methoxy groups -OCH3 is 1. The maximum atomic E-state index is 12.9. The van der Waals surface area contributed by atoms with Crippen molar-refractivity contribution in [3.05, 3.63) is 102 Å². The van der Waals surface area contributed by atoms with Gasteiger partial charge in [0.15, 0.2) is 6.10 Å². The number of aliphatic carboxylic acids is 1. The van der Waals surface area contributed by atoms with Crippen molar-refractivity contribution in [3.63, 3.8) is 0 Å². The van der Waals surface area contributed by atoms with E-state index in [-0.39, 0.29) is 6.42 Å². The summed E-state index contributed by atoms with van der Waals surface area (Å²) in [6, 6.07) is 21.3. The lowest BCUT2D eigenvalue weighted by molar-refractivity contribution is -0.143. The maximum Gasteiger partial charge on any atom is 0.326 e. The van der Waals surface area contributed by atoms with Crippen molar-refractivity contribution in [1.29, 1.82) is 0 Å². The van der Waals surface area contributed by atoms with E-state index in [1.54, 1.807) is 84.9 Å². The highest BCUT2D eigenvalue weighted by atomic mass is 16.5. The van der Waals surface area contributed by atoms with Gasteiger partial charge in [0, 0.05) is 12.0 Å². The molecule has 0 heterocycles. The number of hydrogen-bond acceptors (Lipinski definition) is 5. The fraction of sp³-hybridized carbons (Fsp3) is 0.192. The number of carbonyl (C=O) groups is 3. The Morgan fingerprint density at radius 1 is 0.882 bits per heavy atom. The van der Waals surface area contributed by atoms with E-state index in [0.29, 0.717) is 22.4 Å². The van der Waals surface area contributed by atoms with E-state index in [0.717, 1.165) is 0 Å². The molecule has 0 saturated heterocycles. The van der Waals surface area contributed by atoms with E-state index in [1.165, 1.54) is 7.11 Å². The summed E-state index contributed by atoms with van der Waals surface area (Å²) in [6.45, 7) is 0. The highest BCUT2D eigenvalue weighted by Gasteiger charge is 2.32. The zero-order valence-corrected chi connectivity index (χ0v) is 18.5. The zero-order valence-electron chi connectivity index (χ0n) is 18.5. The standard InChI is InChI=1S/C26H26N2O6/c1-34-20-14-8-9-17(15-20)16-21(26(32)33)27-25(31)23(29)22(18-10-4-2-5-11-18)28-24(30)19-12-6-3-7-13-19/h2-15,21-23,29H,16H2,1H3,(H,27,31)(H,28,30)(H,32,33)/t21-,22-,23+/m0/s1. The summed E-state index contributed by atoms with van der Waals surface area (Å²) in [5.41, 5.74) is 1.49. The molecule has 0 saturated carbocycles. The molecule has 0 radical (unpaired) electrons. The molecule has 2 amide bonds. The van der Waals surface area contributed by atoms with Gasteiger partial charge in [0.1, 0.15) is 11.8 Å². The van der Waals surface area contributed by atoms with Crippen molar-refractivity contribution in [1.82, 2.24) is 10.6 Å². The molecule has 0 unspecified atom stereocenters. The molecule has 34 heavy (non-hydrogen) atoms. The number of hydrogen-bond donors (Lipinski definition) is 4. The first-order valence-corrected chi connectivity index (χ1v) is 10.6. The lowest BCUT2D eigenvalue weighted by Gasteiger charge is -2.25. The first-order valence-electron chi connectivity index (χ1n) is 10.6. The Bertz CT molecular complexity index is 1120. The van der Waals surface area contributed by atoms with Crippen LogP contribution in [0.15, 0.2) is 84.9 Å². The van der Waals surface area contributed by atoms with Gasteiger partial charge in [-0.05, 0) is 35.4 Å². The van der Waals surface area contributed by atoms with Crippen molar-refractivity contribution >= 4 is 17.8 Å². The van der Waals surface area contributed by atoms with Crippen LogP contribution in [0.3, 0.4) is 0 Å². The SMILES string of the molecule is COc1cccc(C[C@H](NC(=O)[C@H](O)[C@@H](NC(=O)c2ccccc2)c2ccccc2)C(=O)O)c1. The molecule has 0 aromatic heterocycles. The van der Waals surface area contributed by atoms with Crippen LogP contribution in [0.5, 0.6) is 5.75 Å². The van der Waals surface area contributed by atoms with Gasteiger partial charge in [-0.25, -0.2) is 4.79 Å². The normalized spacial score (nSPS) is 13.2. The van der Waals surface area contributed by atoms with Crippen LogP contribution in [-0.2, 0) is 16.0 Å². The summed E-state index contributed by atoms with van der Waals surface area (Å²) in [6.07, 6.45) is -1.75. The number of benzene rings is 3. The van der Waals surface area contributed by atoms with E-state index >= 15 is 0 Å². The molecule has 176 valence electrons. The van der Waals surface area contributed by atoms with Crippen molar-refractivity contribution in [2.45, 2.75) is 24.6 Å². The summed E-state index contributed by atoms with van der Waals surface area (Å²) < 4.78 is 5.16. The minimum Gasteiger partial charge on any atom is -0.497 e. The Morgan fingerprint density at radius 2 is 1.53 bits per heavy atom.